The van der Waals surface area contributed by atoms with Crippen molar-refractivity contribution in [2.24, 2.45) is 4.99 Å². The number of hydrogen-bond acceptors (Lipinski definition) is 5. The Morgan fingerprint density at radius 1 is 1.03 bits per heavy atom. The van der Waals surface area contributed by atoms with Crippen LogP contribution in [0.4, 0.5) is 15.8 Å². The number of amides is 1. The zero-order valence-electron chi connectivity index (χ0n) is 17.1. The van der Waals surface area contributed by atoms with E-state index < -0.39 is 21.7 Å². The van der Waals surface area contributed by atoms with Crippen molar-refractivity contribution >= 4 is 33.2 Å². The van der Waals surface area contributed by atoms with Gasteiger partial charge in [0.2, 0.25) is 5.90 Å². The van der Waals surface area contributed by atoms with E-state index in [2.05, 4.69) is 15.0 Å². The summed E-state index contributed by atoms with van der Waals surface area (Å²) < 4.78 is 47.4. The molecule has 1 aliphatic heterocycles. The third kappa shape index (κ3) is 4.62. The number of para-hydroxylation sites is 1. The minimum absolute atomic E-state index is 0.0283. The quantitative estimate of drug-likeness (QED) is 0.590. The Morgan fingerprint density at radius 2 is 1.78 bits per heavy atom. The molecule has 1 amide bonds. The highest BCUT2D eigenvalue weighted by Crippen LogP contribution is 2.25. The standard InChI is InChI=1S/C23H20FN3O4S/c1-15-6-9-17(10-7-15)32(29,30)27-21-11-8-16(24)14-19(21)22(28)26-20-5-3-2-4-18(20)23-25-12-13-31-23/h2-11,14,27H,12-13H2,1H3,(H,26,28). The second kappa shape index (κ2) is 8.80. The zero-order valence-corrected chi connectivity index (χ0v) is 17.9. The van der Waals surface area contributed by atoms with Gasteiger partial charge in [0.25, 0.3) is 15.9 Å². The molecule has 9 heteroatoms. The number of carbonyl (C=O) groups excluding carboxylic acids is 1. The van der Waals surface area contributed by atoms with Crippen molar-refractivity contribution in [3.63, 3.8) is 0 Å². The van der Waals surface area contributed by atoms with Gasteiger partial charge >= 0.3 is 0 Å². The monoisotopic (exact) mass is 453 g/mol. The van der Waals surface area contributed by atoms with E-state index in [0.717, 1.165) is 17.7 Å². The molecule has 1 heterocycles. The molecule has 4 rings (SSSR count). The second-order valence-corrected chi connectivity index (χ2v) is 8.83. The van der Waals surface area contributed by atoms with E-state index in [9.17, 15) is 17.6 Å². The number of sulfonamides is 1. The molecule has 164 valence electrons. The first-order valence-corrected chi connectivity index (χ1v) is 11.3. The number of ether oxygens (including phenoxy) is 1. The van der Waals surface area contributed by atoms with Crippen LogP contribution in [0.15, 0.2) is 76.6 Å². The van der Waals surface area contributed by atoms with Crippen molar-refractivity contribution in [2.75, 3.05) is 23.2 Å². The number of benzene rings is 3. The first-order valence-electron chi connectivity index (χ1n) is 9.80. The molecule has 32 heavy (non-hydrogen) atoms. The summed E-state index contributed by atoms with van der Waals surface area (Å²) in [4.78, 5) is 17.3. The van der Waals surface area contributed by atoms with E-state index in [4.69, 9.17) is 4.74 Å². The van der Waals surface area contributed by atoms with Gasteiger partial charge < -0.3 is 10.1 Å². The van der Waals surface area contributed by atoms with Gasteiger partial charge in [0.15, 0.2) is 0 Å². The van der Waals surface area contributed by atoms with E-state index in [1.165, 1.54) is 18.2 Å². The maximum Gasteiger partial charge on any atom is 0.261 e. The molecule has 0 unspecified atom stereocenters. The highest BCUT2D eigenvalue weighted by atomic mass is 32.2. The average molecular weight is 453 g/mol. The highest BCUT2D eigenvalue weighted by Gasteiger charge is 2.21. The summed E-state index contributed by atoms with van der Waals surface area (Å²) in [5.41, 5.74) is 1.69. The maximum atomic E-state index is 14.0. The Morgan fingerprint density at radius 3 is 2.50 bits per heavy atom. The molecule has 3 aromatic carbocycles. The van der Waals surface area contributed by atoms with Gasteiger partial charge in [0.05, 0.1) is 33.9 Å². The summed E-state index contributed by atoms with van der Waals surface area (Å²) in [7, 11) is -3.98. The summed E-state index contributed by atoms with van der Waals surface area (Å²) >= 11 is 0. The third-order valence-electron chi connectivity index (χ3n) is 4.79. The smallest absolute Gasteiger partial charge is 0.261 e. The van der Waals surface area contributed by atoms with Gasteiger partial charge in [0.1, 0.15) is 12.4 Å². The van der Waals surface area contributed by atoms with Gasteiger partial charge in [-0.1, -0.05) is 29.8 Å². The molecule has 0 saturated heterocycles. The largest absolute Gasteiger partial charge is 0.475 e. The molecule has 2 N–H and O–H groups in total. The molecule has 0 bridgehead atoms. The number of aliphatic imine (C=N–C) groups is 1. The lowest BCUT2D eigenvalue weighted by molar-refractivity contribution is 0.102. The number of anilines is 2. The van der Waals surface area contributed by atoms with Gasteiger partial charge in [0, 0.05) is 0 Å². The topological polar surface area (TPSA) is 96.9 Å². The van der Waals surface area contributed by atoms with Crippen molar-refractivity contribution in [3.05, 3.63) is 89.2 Å². The van der Waals surface area contributed by atoms with Crippen molar-refractivity contribution in [3.8, 4) is 0 Å². The van der Waals surface area contributed by atoms with Crippen LogP contribution in [0.25, 0.3) is 0 Å². The van der Waals surface area contributed by atoms with Crippen molar-refractivity contribution in [1.29, 1.82) is 0 Å². The first-order chi connectivity index (χ1) is 15.3. The van der Waals surface area contributed by atoms with Crippen LogP contribution in [0.1, 0.15) is 21.5 Å². The molecule has 0 fully saturated rings. The highest BCUT2D eigenvalue weighted by molar-refractivity contribution is 7.92. The SMILES string of the molecule is Cc1ccc(S(=O)(=O)Nc2ccc(F)cc2C(=O)Nc2ccccc2C2=NCCO2)cc1. The fourth-order valence-electron chi connectivity index (χ4n) is 3.18. The van der Waals surface area contributed by atoms with Crippen LogP contribution < -0.4 is 10.0 Å². The Kier molecular flexibility index (Phi) is 5.91. The second-order valence-electron chi connectivity index (χ2n) is 7.14. The molecule has 0 atom stereocenters. The Bertz CT molecular complexity index is 1310. The predicted octanol–water partition coefficient (Wildman–Crippen LogP) is 3.96. The molecule has 7 nitrogen and oxygen atoms in total. The minimum Gasteiger partial charge on any atom is -0.475 e. The first kappa shape index (κ1) is 21.5. The fourth-order valence-corrected chi connectivity index (χ4v) is 4.26. The van der Waals surface area contributed by atoms with E-state index in [1.54, 1.807) is 36.4 Å². The molecular formula is C23H20FN3O4S. The van der Waals surface area contributed by atoms with Gasteiger partial charge in [-0.3, -0.25) is 9.52 Å². The third-order valence-corrected chi connectivity index (χ3v) is 6.17. The molecule has 0 aliphatic carbocycles. The number of carbonyl (C=O) groups is 1. The summed E-state index contributed by atoms with van der Waals surface area (Å²) in [5, 5.41) is 2.70. The molecule has 3 aromatic rings. The lowest BCUT2D eigenvalue weighted by Crippen LogP contribution is -2.20. The molecule has 0 spiro atoms. The molecular weight excluding hydrogens is 433 g/mol. The number of nitrogens with zero attached hydrogens (tertiary/aromatic N) is 1. The van der Waals surface area contributed by atoms with Crippen LogP contribution in [0.2, 0.25) is 0 Å². The van der Waals surface area contributed by atoms with Gasteiger partial charge in [-0.15, -0.1) is 0 Å². The maximum absolute atomic E-state index is 14.0. The molecule has 0 saturated carbocycles. The Labute approximate surface area is 185 Å². The fraction of sp³-hybridized carbons (Fsp3) is 0.130. The number of hydrogen-bond donors (Lipinski definition) is 2. The van der Waals surface area contributed by atoms with Crippen molar-refractivity contribution < 1.29 is 22.3 Å². The van der Waals surface area contributed by atoms with Gasteiger partial charge in [-0.2, -0.15) is 0 Å². The lowest BCUT2D eigenvalue weighted by atomic mass is 10.1. The van der Waals surface area contributed by atoms with E-state index in [-0.39, 0.29) is 16.1 Å². The van der Waals surface area contributed by atoms with Gasteiger partial charge in [-0.25, -0.2) is 17.8 Å². The summed E-state index contributed by atoms with van der Waals surface area (Å²) in [5.74, 6) is -0.956. The number of nitrogens with one attached hydrogen (secondary N) is 2. The average Bonchev–Trinajstić information content (AvgIpc) is 3.30. The summed E-state index contributed by atoms with van der Waals surface area (Å²) in [6.45, 7) is 2.81. The van der Waals surface area contributed by atoms with Crippen molar-refractivity contribution in [1.82, 2.24) is 0 Å². The van der Waals surface area contributed by atoms with Gasteiger partial charge in [-0.05, 0) is 49.4 Å². The van der Waals surface area contributed by atoms with Crippen LogP contribution in [-0.4, -0.2) is 33.4 Å². The normalized spacial score (nSPS) is 13.2. The van der Waals surface area contributed by atoms with Crippen LogP contribution in [0.3, 0.4) is 0 Å². The Balaban J connectivity index is 1.64. The summed E-state index contributed by atoms with van der Waals surface area (Å²) in [6, 6.07) is 16.4. The van der Waals surface area contributed by atoms with Crippen LogP contribution >= 0.6 is 0 Å². The number of aryl methyl sites for hydroxylation is 1. The van der Waals surface area contributed by atoms with E-state index in [0.29, 0.717) is 30.3 Å². The molecule has 1 aliphatic rings. The van der Waals surface area contributed by atoms with Crippen LogP contribution in [0.5, 0.6) is 0 Å². The molecule has 0 radical (unpaired) electrons. The minimum atomic E-state index is -3.98. The van der Waals surface area contributed by atoms with Crippen molar-refractivity contribution in [2.45, 2.75) is 11.8 Å². The number of rotatable bonds is 6. The van der Waals surface area contributed by atoms with E-state index >= 15 is 0 Å². The Hall–Kier alpha value is -3.72. The summed E-state index contributed by atoms with van der Waals surface area (Å²) in [6.07, 6.45) is 0. The van der Waals surface area contributed by atoms with Crippen LogP contribution in [0, 0.1) is 12.7 Å². The molecule has 0 aromatic heterocycles. The zero-order chi connectivity index (χ0) is 22.7. The van der Waals surface area contributed by atoms with Crippen LogP contribution in [-0.2, 0) is 14.8 Å². The predicted molar refractivity (Wildman–Crippen MR) is 120 cm³/mol. The lowest BCUT2D eigenvalue weighted by Gasteiger charge is -2.15. The number of halogens is 1. The van der Waals surface area contributed by atoms with E-state index in [1.807, 2.05) is 6.92 Å².